The summed E-state index contributed by atoms with van der Waals surface area (Å²) in [6, 6.07) is 0. The van der Waals surface area contributed by atoms with Gasteiger partial charge in [0.1, 0.15) is 0 Å². The summed E-state index contributed by atoms with van der Waals surface area (Å²) in [5, 5.41) is 0. The maximum absolute atomic E-state index is 6.75. The largest absolute Gasteiger partial charge is 0.373 e. The monoisotopic (exact) mass is 139 g/mol. The molecule has 0 spiro atoms. The van der Waals surface area contributed by atoms with E-state index < -0.39 is 0 Å². The van der Waals surface area contributed by atoms with Crippen molar-refractivity contribution in [3.05, 3.63) is 16.0 Å². The molecule has 56 valence electrons. The summed E-state index contributed by atoms with van der Waals surface area (Å²) in [5.41, 5.74) is 13.5. The van der Waals surface area contributed by atoms with Gasteiger partial charge in [0, 0.05) is 0 Å². The third kappa shape index (κ3) is 26.3. The standard InChI is InChI=1S/C6H14B.N3/c1-5(2)7-6(3)4;1-3-2/h5-6H,1-4H3;/q+1;-1. The number of hydrogen-bond donors (Lipinski definition) is 0. The van der Waals surface area contributed by atoms with Crippen molar-refractivity contribution >= 4 is 7.28 Å². The van der Waals surface area contributed by atoms with Crippen LogP contribution in [-0.2, 0) is 0 Å². The van der Waals surface area contributed by atoms with E-state index in [1.165, 1.54) is 4.91 Å². The Morgan fingerprint density at radius 3 is 1.20 bits per heavy atom. The number of hydrogen-bond acceptors (Lipinski definition) is 0. The van der Waals surface area contributed by atoms with Gasteiger partial charge >= 0.3 is 46.6 Å². The molecule has 0 unspecified atom stereocenters. The second kappa shape index (κ2) is 8.37. The quantitative estimate of drug-likeness (QED) is 0.244. The molecule has 0 bridgehead atoms. The minimum Gasteiger partial charge on any atom is -0.373 e. The maximum Gasteiger partial charge on any atom is -0.255 e. The molecule has 0 aromatic heterocycles. The summed E-state index contributed by atoms with van der Waals surface area (Å²) in [6.07, 6.45) is 0. The van der Waals surface area contributed by atoms with Crippen LogP contribution < -0.4 is 0 Å². The molecule has 0 aliphatic heterocycles. The molecule has 0 fully saturated rings. The van der Waals surface area contributed by atoms with Crippen LogP contribution in [0.1, 0.15) is 27.7 Å². The number of rotatable bonds is 2. The van der Waals surface area contributed by atoms with Gasteiger partial charge in [0.2, 0.25) is 0 Å². The Bertz CT molecular complexity index is 89.2. The van der Waals surface area contributed by atoms with Gasteiger partial charge in [-0.05, 0) is 0 Å². The molecule has 0 N–H and O–H groups in total. The van der Waals surface area contributed by atoms with Crippen LogP contribution in [0.25, 0.3) is 16.0 Å². The molecule has 10 heavy (non-hydrogen) atoms. The Hall–Kier alpha value is -0.625. The van der Waals surface area contributed by atoms with E-state index >= 15 is 0 Å². The van der Waals surface area contributed by atoms with Gasteiger partial charge in [0.05, 0.1) is 0 Å². The van der Waals surface area contributed by atoms with E-state index in [4.69, 9.17) is 11.1 Å². The summed E-state index contributed by atoms with van der Waals surface area (Å²) < 4.78 is 0. The van der Waals surface area contributed by atoms with Crippen LogP contribution in [0.2, 0.25) is 11.6 Å². The zero-order chi connectivity index (χ0) is 8.57. The van der Waals surface area contributed by atoms with Crippen molar-refractivity contribution in [1.82, 2.24) is 0 Å². The first kappa shape index (κ1) is 12.1. The van der Waals surface area contributed by atoms with Crippen molar-refractivity contribution in [3.63, 3.8) is 0 Å². The Morgan fingerprint density at radius 1 is 1.00 bits per heavy atom. The fraction of sp³-hybridized carbons (Fsp3) is 1.00. The topological polar surface area (TPSA) is 58.7 Å². The van der Waals surface area contributed by atoms with E-state index in [9.17, 15) is 0 Å². The van der Waals surface area contributed by atoms with Gasteiger partial charge in [-0.3, -0.25) is 4.91 Å². The number of nitrogens with zero attached hydrogens (tertiary/aromatic N) is 3. The van der Waals surface area contributed by atoms with Gasteiger partial charge in [-0.2, -0.15) is 0 Å². The first-order valence-corrected chi connectivity index (χ1v) is 3.38. The molecule has 0 saturated heterocycles. The molecule has 0 aliphatic rings. The average Bonchev–Trinajstić information content (AvgIpc) is 1.62. The molecule has 0 aromatic rings. The van der Waals surface area contributed by atoms with Gasteiger partial charge in [0.15, 0.2) is 0 Å². The summed E-state index contributed by atoms with van der Waals surface area (Å²) in [6.45, 7) is 8.83. The Morgan fingerprint density at radius 2 is 1.20 bits per heavy atom. The first-order valence-electron chi connectivity index (χ1n) is 3.38. The van der Waals surface area contributed by atoms with Gasteiger partial charge in [-0.15, -0.1) is 0 Å². The van der Waals surface area contributed by atoms with E-state index in [0.29, 0.717) is 0 Å². The molecule has 0 atom stereocenters. The molecule has 4 heteroatoms. The van der Waals surface area contributed by atoms with Crippen molar-refractivity contribution in [2.45, 2.75) is 39.3 Å². The van der Waals surface area contributed by atoms with Crippen LogP contribution in [0.15, 0.2) is 0 Å². The second-order valence-corrected chi connectivity index (χ2v) is 2.77. The third-order valence-electron chi connectivity index (χ3n) is 0.770. The zero-order valence-corrected chi connectivity index (χ0v) is 7.07. The fourth-order valence-corrected chi connectivity index (χ4v) is 0.770. The molecular formula is C6H14BN3. The van der Waals surface area contributed by atoms with E-state index in [2.05, 4.69) is 35.0 Å². The average molecular weight is 139 g/mol. The second-order valence-electron chi connectivity index (χ2n) is 2.77. The van der Waals surface area contributed by atoms with E-state index in [1.807, 2.05) is 0 Å². The molecule has 0 radical (unpaired) electrons. The van der Waals surface area contributed by atoms with E-state index in [1.54, 1.807) is 0 Å². The molecule has 0 aromatic carbocycles. The fourth-order valence-electron chi connectivity index (χ4n) is 0.770. The molecule has 0 rings (SSSR count). The summed E-state index contributed by atoms with van der Waals surface area (Å²) in [5.74, 6) is 1.50. The maximum atomic E-state index is 6.75. The van der Waals surface area contributed by atoms with Crippen LogP contribution in [0.3, 0.4) is 0 Å². The van der Waals surface area contributed by atoms with Gasteiger partial charge in [0.25, 0.3) is 0 Å². The summed E-state index contributed by atoms with van der Waals surface area (Å²) in [7, 11) is 2.33. The molecule has 0 aliphatic carbocycles. The summed E-state index contributed by atoms with van der Waals surface area (Å²) in [4.78, 5) is 1.50. The molecule has 0 heterocycles. The molecular weight excluding hydrogens is 125 g/mol. The molecule has 0 amide bonds. The van der Waals surface area contributed by atoms with Gasteiger partial charge in [-0.25, -0.2) is 0 Å². The van der Waals surface area contributed by atoms with Crippen molar-refractivity contribution in [2.24, 2.45) is 0 Å². The minimum absolute atomic E-state index is 0.750. The Balaban J connectivity index is 0. The predicted octanol–water partition coefficient (Wildman–Crippen LogP) is 3.21. The summed E-state index contributed by atoms with van der Waals surface area (Å²) >= 11 is 0. The Kier molecular flexibility index (Phi) is 10.1. The molecule has 3 nitrogen and oxygen atoms in total. The smallest absolute Gasteiger partial charge is 0.255 e. The zero-order valence-electron chi connectivity index (χ0n) is 7.07. The van der Waals surface area contributed by atoms with Crippen molar-refractivity contribution in [1.29, 1.82) is 0 Å². The first-order chi connectivity index (χ1) is 4.54. The van der Waals surface area contributed by atoms with Crippen molar-refractivity contribution < 1.29 is 0 Å². The van der Waals surface area contributed by atoms with Crippen molar-refractivity contribution in [3.8, 4) is 0 Å². The predicted molar refractivity (Wildman–Crippen MR) is 46.0 cm³/mol. The SMILES string of the molecule is CC(C)[B+]C(C)C.[N-]=[N+]=[N-]. The Labute approximate surface area is 63.5 Å². The van der Waals surface area contributed by atoms with Crippen LogP contribution >= 0.6 is 0 Å². The third-order valence-corrected chi connectivity index (χ3v) is 0.770. The molecule has 0 saturated carbocycles. The van der Waals surface area contributed by atoms with Crippen LogP contribution in [0.4, 0.5) is 0 Å². The van der Waals surface area contributed by atoms with Crippen LogP contribution in [-0.4, -0.2) is 7.28 Å². The minimum atomic E-state index is 0.750. The van der Waals surface area contributed by atoms with Crippen LogP contribution in [0, 0.1) is 0 Å². The van der Waals surface area contributed by atoms with Crippen LogP contribution in [0.5, 0.6) is 0 Å². The normalized spacial score (nSPS) is 7.80. The van der Waals surface area contributed by atoms with Gasteiger partial charge < -0.3 is 11.1 Å². The van der Waals surface area contributed by atoms with E-state index in [-0.39, 0.29) is 0 Å². The van der Waals surface area contributed by atoms with Gasteiger partial charge in [-0.1, -0.05) is 0 Å². The van der Waals surface area contributed by atoms with E-state index in [0.717, 1.165) is 11.6 Å². The van der Waals surface area contributed by atoms with Crippen molar-refractivity contribution in [2.75, 3.05) is 0 Å².